The highest BCUT2D eigenvalue weighted by Crippen LogP contribution is 2.28. The van der Waals surface area contributed by atoms with Gasteiger partial charge >= 0.3 is 5.97 Å². The Bertz CT molecular complexity index is 1220. The van der Waals surface area contributed by atoms with Crippen LogP contribution in [0.2, 0.25) is 0 Å². The predicted molar refractivity (Wildman–Crippen MR) is 124 cm³/mol. The van der Waals surface area contributed by atoms with E-state index in [4.69, 9.17) is 9.15 Å². The van der Waals surface area contributed by atoms with Crippen LogP contribution in [-0.2, 0) is 14.3 Å². The lowest BCUT2D eigenvalue weighted by Gasteiger charge is -2.20. The van der Waals surface area contributed by atoms with E-state index >= 15 is 0 Å². The Hall–Kier alpha value is -3.98. The van der Waals surface area contributed by atoms with Crippen molar-refractivity contribution in [2.45, 2.75) is 13.0 Å². The van der Waals surface area contributed by atoms with E-state index in [0.29, 0.717) is 17.2 Å². The third-order valence-corrected chi connectivity index (χ3v) is 5.92. The molecule has 168 valence electrons. The van der Waals surface area contributed by atoms with E-state index in [0.717, 1.165) is 10.2 Å². The standard InChI is InChI=1S/C24H21N3O5S/c1-2-27(24-25-17-11-6-7-13-19(17)33-24)20(28)15-32-23(30)21(16-9-4-3-5-10-16)26-22(29)18-12-8-14-31-18/h3-14,21H,2,15H2,1H3,(H,26,29). The van der Waals surface area contributed by atoms with E-state index in [-0.39, 0.29) is 5.76 Å². The van der Waals surface area contributed by atoms with Crippen LogP contribution in [0.25, 0.3) is 10.2 Å². The summed E-state index contributed by atoms with van der Waals surface area (Å²) in [7, 11) is 0. The van der Waals surface area contributed by atoms with E-state index in [9.17, 15) is 14.4 Å². The van der Waals surface area contributed by atoms with Crippen molar-refractivity contribution in [1.82, 2.24) is 10.3 Å². The minimum atomic E-state index is -1.10. The summed E-state index contributed by atoms with van der Waals surface area (Å²) in [6.07, 6.45) is 1.37. The van der Waals surface area contributed by atoms with Gasteiger partial charge in [-0.1, -0.05) is 53.8 Å². The van der Waals surface area contributed by atoms with Crippen LogP contribution in [0.1, 0.15) is 29.1 Å². The lowest BCUT2D eigenvalue weighted by molar-refractivity contribution is -0.150. The third kappa shape index (κ3) is 5.09. The molecule has 4 rings (SSSR count). The number of esters is 1. The van der Waals surface area contributed by atoms with Crippen molar-refractivity contribution in [3.05, 3.63) is 84.3 Å². The number of nitrogens with one attached hydrogen (secondary N) is 1. The largest absolute Gasteiger partial charge is 0.459 e. The fraction of sp³-hybridized carbons (Fsp3) is 0.167. The molecule has 0 aliphatic rings. The average Bonchev–Trinajstić information content (AvgIpc) is 3.52. The number of rotatable bonds is 8. The maximum Gasteiger partial charge on any atom is 0.333 e. The topological polar surface area (TPSA) is 102 Å². The number of fused-ring (bicyclic) bond motifs is 1. The van der Waals surface area contributed by atoms with Crippen LogP contribution in [0.3, 0.4) is 0 Å². The van der Waals surface area contributed by atoms with Crippen molar-refractivity contribution in [2.75, 3.05) is 18.1 Å². The zero-order chi connectivity index (χ0) is 23.2. The summed E-state index contributed by atoms with van der Waals surface area (Å²) >= 11 is 1.39. The smallest absolute Gasteiger partial charge is 0.333 e. The Morgan fingerprint density at radius 2 is 1.82 bits per heavy atom. The number of hydrogen-bond acceptors (Lipinski definition) is 7. The number of furan rings is 1. The van der Waals surface area contributed by atoms with Crippen molar-refractivity contribution in [2.24, 2.45) is 0 Å². The van der Waals surface area contributed by atoms with Crippen LogP contribution >= 0.6 is 11.3 Å². The van der Waals surface area contributed by atoms with Gasteiger partial charge in [0.25, 0.3) is 11.8 Å². The minimum absolute atomic E-state index is 0.0628. The molecular weight excluding hydrogens is 442 g/mol. The van der Waals surface area contributed by atoms with Gasteiger partial charge in [-0.05, 0) is 36.8 Å². The number of carbonyl (C=O) groups excluding carboxylic acids is 3. The third-order valence-electron chi connectivity index (χ3n) is 4.86. The summed E-state index contributed by atoms with van der Waals surface area (Å²) < 4.78 is 11.4. The molecule has 33 heavy (non-hydrogen) atoms. The van der Waals surface area contributed by atoms with Crippen molar-refractivity contribution in [3.63, 3.8) is 0 Å². The monoisotopic (exact) mass is 463 g/mol. The van der Waals surface area contributed by atoms with Crippen LogP contribution in [0.5, 0.6) is 0 Å². The van der Waals surface area contributed by atoms with Crippen molar-refractivity contribution in [3.8, 4) is 0 Å². The fourth-order valence-corrected chi connectivity index (χ4v) is 4.27. The number of benzene rings is 2. The molecule has 0 saturated carbocycles. The molecule has 0 aliphatic heterocycles. The zero-order valence-electron chi connectivity index (χ0n) is 17.8. The van der Waals surface area contributed by atoms with Gasteiger partial charge in [0, 0.05) is 6.54 Å². The van der Waals surface area contributed by atoms with Gasteiger partial charge in [-0.2, -0.15) is 0 Å². The normalized spacial score (nSPS) is 11.7. The number of ether oxygens (including phenoxy) is 1. The average molecular weight is 464 g/mol. The van der Waals surface area contributed by atoms with E-state index in [2.05, 4.69) is 10.3 Å². The van der Waals surface area contributed by atoms with Gasteiger partial charge in [-0.25, -0.2) is 9.78 Å². The number of amides is 2. The molecule has 2 heterocycles. The summed E-state index contributed by atoms with van der Waals surface area (Å²) in [6, 6.07) is 18.2. The molecule has 0 spiro atoms. The number of hydrogen-bond donors (Lipinski definition) is 1. The number of likely N-dealkylation sites (N-methyl/N-ethyl adjacent to an activating group) is 1. The molecule has 0 aliphatic carbocycles. The SMILES string of the molecule is CCN(C(=O)COC(=O)C(NC(=O)c1ccco1)c1ccccc1)c1nc2ccccc2s1. The van der Waals surface area contributed by atoms with Gasteiger partial charge in [-0.15, -0.1) is 0 Å². The molecule has 0 saturated heterocycles. The molecule has 4 aromatic rings. The highest BCUT2D eigenvalue weighted by molar-refractivity contribution is 7.22. The maximum absolute atomic E-state index is 12.9. The van der Waals surface area contributed by atoms with Crippen molar-refractivity contribution >= 4 is 44.5 Å². The summed E-state index contributed by atoms with van der Waals surface area (Å²) in [5, 5.41) is 3.14. The van der Waals surface area contributed by atoms with E-state index in [1.165, 1.54) is 28.6 Å². The first-order valence-electron chi connectivity index (χ1n) is 10.3. The molecule has 1 N–H and O–H groups in total. The van der Waals surface area contributed by atoms with Crippen LogP contribution in [0.15, 0.2) is 77.4 Å². The van der Waals surface area contributed by atoms with Crippen LogP contribution < -0.4 is 10.2 Å². The second-order valence-corrected chi connectivity index (χ2v) is 8.01. The summed E-state index contributed by atoms with van der Waals surface area (Å²) in [5.41, 5.74) is 1.32. The molecule has 1 atom stereocenters. The first-order chi connectivity index (χ1) is 16.1. The summed E-state index contributed by atoms with van der Waals surface area (Å²) in [5.74, 6) is -1.67. The Labute approximate surface area is 193 Å². The van der Waals surface area contributed by atoms with Crippen LogP contribution in [0.4, 0.5) is 5.13 Å². The van der Waals surface area contributed by atoms with Crippen molar-refractivity contribution in [1.29, 1.82) is 0 Å². The lowest BCUT2D eigenvalue weighted by Crippen LogP contribution is -2.38. The second kappa shape index (κ2) is 10.1. The van der Waals surface area contributed by atoms with E-state index in [1.54, 1.807) is 36.4 Å². The fourth-order valence-electron chi connectivity index (χ4n) is 3.22. The van der Waals surface area contributed by atoms with Gasteiger partial charge in [0.15, 0.2) is 23.5 Å². The highest BCUT2D eigenvalue weighted by atomic mass is 32.1. The van der Waals surface area contributed by atoms with Gasteiger partial charge in [0.2, 0.25) is 0 Å². The molecule has 1 unspecified atom stereocenters. The number of thiazole rings is 1. The molecular formula is C24H21N3O5S. The summed E-state index contributed by atoms with van der Waals surface area (Å²) in [6.45, 7) is 1.71. The molecule has 2 amide bonds. The first kappa shape index (κ1) is 22.2. The molecule has 2 aromatic carbocycles. The zero-order valence-corrected chi connectivity index (χ0v) is 18.6. The molecule has 0 bridgehead atoms. The summed E-state index contributed by atoms with van der Waals surface area (Å²) in [4.78, 5) is 44.2. The second-order valence-electron chi connectivity index (χ2n) is 7.00. The number of para-hydroxylation sites is 1. The van der Waals surface area contributed by atoms with Gasteiger partial charge in [0.05, 0.1) is 16.5 Å². The van der Waals surface area contributed by atoms with Gasteiger partial charge in [0.1, 0.15) is 0 Å². The molecule has 0 fully saturated rings. The Morgan fingerprint density at radius 1 is 1.06 bits per heavy atom. The molecule has 0 radical (unpaired) electrons. The minimum Gasteiger partial charge on any atom is -0.459 e. The first-order valence-corrected chi connectivity index (χ1v) is 11.1. The Kier molecular flexibility index (Phi) is 6.80. The van der Waals surface area contributed by atoms with Crippen molar-refractivity contribution < 1.29 is 23.5 Å². The van der Waals surface area contributed by atoms with E-state index in [1.807, 2.05) is 31.2 Å². The Balaban J connectivity index is 1.46. The predicted octanol–water partition coefficient (Wildman–Crippen LogP) is 3.96. The van der Waals surface area contributed by atoms with Crippen LogP contribution in [-0.4, -0.2) is 35.9 Å². The van der Waals surface area contributed by atoms with Gasteiger partial charge in [-0.3, -0.25) is 14.5 Å². The Morgan fingerprint density at radius 3 is 2.52 bits per heavy atom. The number of carbonyl (C=O) groups is 3. The lowest BCUT2D eigenvalue weighted by atomic mass is 10.1. The highest BCUT2D eigenvalue weighted by Gasteiger charge is 2.27. The number of nitrogens with zero attached hydrogens (tertiary/aromatic N) is 2. The van der Waals surface area contributed by atoms with Gasteiger partial charge < -0.3 is 14.5 Å². The molecule has 9 heteroatoms. The number of aromatic nitrogens is 1. The molecule has 8 nitrogen and oxygen atoms in total. The number of anilines is 1. The molecule has 2 aromatic heterocycles. The van der Waals surface area contributed by atoms with E-state index < -0.39 is 30.4 Å². The quantitative estimate of drug-likeness (QED) is 0.397. The maximum atomic E-state index is 12.9. The van der Waals surface area contributed by atoms with Crippen LogP contribution in [0, 0.1) is 0 Å².